The summed E-state index contributed by atoms with van der Waals surface area (Å²) in [5.41, 5.74) is 4.86. The molecule has 1 aliphatic rings. The maximum Gasteiger partial charge on any atom is 0.276 e. The molecule has 0 saturated heterocycles. The molecule has 1 aromatic carbocycles. The van der Waals surface area contributed by atoms with Gasteiger partial charge in [-0.3, -0.25) is 20.4 Å². The van der Waals surface area contributed by atoms with Crippen LogP contribution in [0.25, 0.3) is 0 Å². The number of carbonyl (C=O) groups is 2. The molecule has 0 aromatic heterocycles. The van der Waals surface area contributed by atoms with Gasteiger partial charge in [0.15, 0.2) is 6.61 Å². The Kier molecular flexibility index (Phi) is 5.41. The molecular formula is C15H20N2O3. The smallest absolute Gasteiger partial charge is 0.276 e. The topological polar surface area (TPSA) is 67.4 Å². The first-order chi connectivity index (χ1) is 9.75. The Labute approximate surface area is 118 Å². The van der Waals surface area contributed by atoms with Gasteiger partial charge < -0.3 is 4.74 Å². The van der Waals surface area contributed by atoms with Gasteiger partial charge in [0.05, 0.1) is 0 Å². The van der Waals surface area contributed by atoms with E-state index >= 15 is 0 Å². The fourth-order valence-electron chi connectivity index (χ4n) is 2.30. The third kappa shape index (κ3) is 4.57. The van der Waals surface area contributed by atoms with E-state index in [9.17, 15) is 9.59 Å². The van der Waals surface area contributed by atoms with Crippen LogP contribution in [-0.2, 0) is 9.59 Å². The first-order valence-electron chi connectivity index (χ1n) is 7.02. The standard InChI is InChI=1S/C15H20N2O3/c18-14(11-20-13-9-5-2-6-10-13)16-17-15(19)12-7-3-1-4-8-12/h2,5-6,9-10,12H,1,3-4,7-8,11H2,(H,16,18)(H,17,19). The van der Waals surface area contributed by atoms with E-state index in [-0.39, 0.29) is 24.3 Å². The molecule has 0 spiro atoms. The third-order valence-corrected chi connectivity index (χ3v) is 3.41. The highest BCUT2D eigenvalue weighted by atomic mass is 16.5. The first kappa shape index (κ1) is 14.4. The van der Waals surface area contributed by atoms with Crippen LogP contribution in [-0.4, -0.2) is 18.4 Å². The average Bonchev–Trinajstić information content (AvgIpc) is 2.52. The van der Waals surface area contributed by atoms with Crippen LogP contribution in [0.2, 0.25) is 0 Å². The van der Waals surface area contributed by atoms with E-state index in [1.165, 1.54) is 6.42 Å². The highest BCUT2D eigenvalue weighted by Crippen LogP contribution is 2.23. The fourth-order valence-corrected chi connectivity index (χ4v) is 2.30. The maximum absolute atomic E-state index is 11.8. The van der Waals surface area contributed by atoms with E-state index in [4.69, 9.17) is 4.74 Å². The van der Waals surface area contributed by atoms with Crippen molar-refractivity contribution in [3.63, 3.8) is 0 Å². The van der Waals surface area contributed by atoms with Crippen LogP contribution in [0.15, 0.2) is 30.3 Å². The van der Waals surface area contributed by atoms with Crippen LogP contribution in [0.5, 0.6) is 5.75 Å². The Bertz CT molecular complexity index is 442. The summed E-state index contributed by atoms with van der Waals surface area (Å²) >= 11 is 0. The number of amides is 2. The van der Waals surface area contributed by atoms with Gasteiger partial charge in [0, 0.05) is 5.92 Å². The van der Waals surface area contributed by atoms with Crippen molar-refractivity contribution in [3.8, 4) is 5.75 Å². The van der Waals surface area contributed by atoms with E-state index < -0.39 is 0 Å². The van der Waals surface area contributed by atoms with Gasteiger partial charge in [0.2, 0.25) is 5.91 Å². The lowest BCUT2D eigenvalue weighted by Gasteiger charge is -2.20. The minimum atomic E-state index is -0.363. The molecule has 5 nitrogen and oxygen atoms in total. The highest BCUT2D eigenvalue weighted by molar-refractivity contribution is 5.83. The molecule has 5 heteroatoms. The molecule has 2 amide bonds. The van der Waals surface area contributed by atoms with Crippen molar-refractivity contribution >= 4 is 11.8 Å². The Balaban J connectivity index is 1.65. The minimum Gasteiger partial charge on any atom is -0.484 e. The van der Waals surface area contributed by atoms with Gasteiger partial charge in [-0.2, -0.15) is 0 Å². The molecule has 0 bridgehead atoms. The first-order valence-corrected chi connectivity index (χ1v) is 7.02. The maximum atomic E-state index is 11.8. The Hall–Kier alpha value is -2.04. The van der Waals surface area contributed by atoms with Crippen LogP contribution < -0.4 is 15.6 Å². The molecule has 0 radical (unpaired) electrons. The molecular weight excluding hydrogens is 256 g/mol. The normalized spacial score (nSPS) is 15.4. The van der Waals surface area contributed by atoms with Crippen LogP contribution in [0, 0.1) is 5.92 Å². The second-order valence-electron chi connectivity index (χ2n) is 4.97. The summed E-state index contributed by atoms with van der Waals surface area (Å²) in [6.45, 7) is -0.116. The summed E-state index contributed by atoms with van der Waals surface area (Å²) in [5.74, 6) is 0.191. The fraction of sp³-hybridized carbons (Fsp3) is 0.467. The molecule has 0 atom stereocenters. The van der Waals surface area contributed by atoms with Gasteiger partial charge in [0.1, 0.15) is 5.75 Å². The Morgan fingerprint density at radius 2 is 1.75 bits per heavy atom. The molecule has 1 aliphatic carbocycles. The quantitative estimate of drug-likeness (QED) is 0.824. The number of ether oxygens (including phenoxy) is 1. The predicted molar refractivity (Wildman–Crippen MR) is 74.8 cm³/mol. The molecule has 1 aromatic rings. The van der Waals surface area contributed by atoms with Gasteiger partial charge in [-0.1, -0.05) is 37.5 Å². The predicted octanol–water partition coefficient (Wildman–Crippen LogP) is 1.79. The molecule has 0 unspecified atom stereocenters. The second kappa shape index (κ2) is 7.53. The number of para-hydroxylation sites is 1. The van der Waals surface area contributed by atoms with Gasteiger partial charge in [0.25, 0.3) is 5.91 Å². The van der Waals surface area contributed by atoms with E-state index in [2.05, 4.69) is 10.9 Å². The van der Waals surface area contributed by atoms with Crippen LogP contribution in [0.3, 0.4) is 0 Å². The lowest BCUT2D eigenvalue weighted by molar-refractivity contribution is -0.132. The van der Waals surface area contributed by atoms with E-state index in [0.29, 0.717) is 5.75 Å². The van der Waals surface area contributed by atoms with E-state index in [1.807, 2.05) is 18.2 Å². The van der Waals surface area contributed by atoms with Crippen molar-refractivity contribution in [2.24, 2.45) is 5.92 Å². The number of benzene rings is 1. The zero-order valence-electron chi connectivity index (χ0n) is 11.4. The molecule has 1 fully saturated rings. The lowest BCUT2D eigenvalue weighted by Crippen LogP contribution is -2.46. The SMILES string of the molecule is O=C(COc1ccccc1)NNC(=O)C1CCCCC1. The molecule has 1 saturated carbocycles. The molecule has 2 N–H and O–H groups in total. The van der Waals surface area contributed by atoms with E-state index in [0.717, 1.165) is 25.7 Å². The van der Waals surface area contributed by atoms with Crippen LogP contribution >= 0.6 is 0 Å². The molecule has 0 heterocycles. The number of hydrogen-bond acceptors (Lipinski definition) is 3. The van der Waals surface area contributed by atoms with Crippen molar-refractivity contribution in [2.45, 2.75) is 32.1 Å². The second-order valence-corrected chi connectivity index (χ2v) is 4.97. The minimum absolute atomic E-state index is 0.0269. The molecule has 2 rings (SSSR count). The summed E-state index contributed by atoms with van der Waals surface area (Å²) in [6.07, 6.45) is 5.18. The number of carbonyl (C=O) groups excluding carboxylic acids is 2. The van der Waals surface area contributed by atoms with Gasteiger partial charge >= 0.3 is 0 Å². The molecule has 108 valence electrons. The Morgan fingerprint density at radius 1 is 1.05 bits per heavy atom. The zero-order valence-corrected chi connectivity index (χ0v) is 11.4. The number of rotatable bonds is 4. The largest absolute Gasteiger partial charge is 0.484 e. The highest BCUT2D eigenvalue weighted by Gasteiger charge is 2.21. The lowest BCUT2D eigenvalue weighted by atomic mass is 9.89. The number of nitrogens with one attached hydrogen (secondary N) is 2. The van der Waals surface area contributed by atoms with Gasteiger partial charge in [-0.05, 0) is 25.0 Å². The van der Waals surface area contributed by atoms with Crippen molar-refractivity contribution in [2.75, 3.05) is 6.61 Å². The summed E-state index contributed by atoms with van der Waals surface area (Å²) in [5, 5.41) is 0. The van der Waals surface area contributed by atoms with Crippen molar-refractivity contribution < 1.29 is 14.3 Å². The number of hydrazine groups is 1. The van der Waals surface area contributed by atoms with Crippen molar-refractivity contribution in [3.05, 3.63) is 30.3 Å². The monoisotopic (exact) mass is 276 g/mol. The van der Waals surface area contributed by atoms with E-state index in [1.54, 1.807) is 12.1 Å². The number of hydrogen-bond donors (Lipinski definition) is 2. The summed E-state index contributed by atoms with van der Waals surface area (Å²) in [6, 6.07) is 9.08. The van der Waals surface area contributed by atoms with Crippen molar-refractivity contribution in [1.82, 2.24) is 10.9 Å². The summed E-state index contributed by atoms with van der Waals surface area (Å²) in [4.78, 5) is 23.4. The van der Waals surface area contributed by atoms with Crippen LogP contribution in [0.4, 0.5) is 0 Å². The van der Waals surface area contributed by atoms with Gasteiger partial charge in [-0.25, -0.2) is 0 Å². The van der Waals surface area contributed by atoms with Gasteiger partial charge in [-0.15, -0.1) is 0 Å². The summed E-state index contributed by atoms with van der Waals surface area (Å²) in [7, 11) is 0. The Morgan fingerprint density at radius 3 is 2.45 bits per heavy atom. The van der Waals surface area contributed by atoms with Crippen molar-refractivity contribution in [1.29, 1.82) is 0 Å². The molecule has 20 heavy (non-hydrogen) atoms. The average molecular weight is 276 g/mol. The summed E-state index contributed by atoms with van der Waals surface area (Å²) < 4.78 is 5.28. The zero-order chi connectivity index (χ0) is 14.2. The molecule has 0 aliphatic heterocycles. The third-order valence-electron chi connectivity index (χ3n) is 3.41. The van der Waals surface area contributed by atoms with Crippen LogP contribution in [0.1, 0.15) is 32.1 Å².